The van der Waals surface area contributed by atoms with E-state index in [2.05, 4.69) is 30.8 Å². The molecular weight excluding hydrogens is 400 g/mol. The molecule has 2 aliphatic heterocycles. The molecule has 1 fully saturated rings. The van der Waals surface area contributed by atoms with Gasteiger partial charge in [-0.05, 0) is 32.9 Å². The number of benzene rings is 1. The maximum absolute atomic E-state index is 12.4. The Balaban J connectivity index is 1.64. The number of carbonyl (C=O) groups excluding carboxylic acids is 1. The number of amides is 1. The van der Waals surface area contributed by atoms with E-state index in [4.69, 9.17) is 9.47 Å². The second-order valence-corrected chi connectivity index (χ2v) is 8.50. The molecule has 0 N–H and O–H groups in total. The fourth-order valence-corrected chi connectivity index (χ4v) is 3.82. The van der Waals surface area contributed by atoms with Crippen molar-refractivity contribution in [3.8, 4) is 5.75 Å². The van der Waals surface area contributed by atoms with Crippen LogP contribution >= 0.6 is 15.9 Å². The molecule has 26 heavy (non-hydrogen) atoms. The number of hydrogen-bond acceptors (Lipinski definition) is 6. The van der Waals surface area contributed by atoms with Crippen LogP contribution in [-0.2, 0) is 4.74 Å². The van der Waals surface area contributed by atoms with Gasteiger partial charge in [-0.25, -0.2) is 14.8 Å². The van der Waals surface area contributed by atoms with Crippen molar-refractivity contribution in [2.45, 2.75) is 32.4 Å². The molecule has 1 aromatic heterocycles. The zero-order chi connectivity index (χ0) is 18.5. The number of rotatable bonds is 0. The first-order valence-electron chi connectivity index (χ1n) is 8.63. The number of anilines is 1. The smallest absolute Gasteiger partial charge is 0.410 e. The summed E-state index contributed by atoms with van der Waals surface area (Å²) in [6, 6.07) is 3.92. The van der Waals surface area contributed by atoms with Crippen molar-refractivity contribution >= 4 is 38.7 Å². The molecule has 7 nitrogen and oxygen atoms in total. The molecule has 3 heterocycles. The van der Waals surface area contributed by atoms with Crippen molar-refractivity contribution in [2.75, 3.05) is 31.1 Å². The van der Waals surface area contributed by atoms with Crippen LogP contribution in [0, 0.1) is 0 Å². The van der Waals surface area contributed by atoms with Crippen molar-refractivity contribution in [3.63, 3.8) is 0 Å². The van der Waals surface area contributed by atoms with Crippen molar-refractivity contribution in [3.05, 3.63) is 22.9 Å². The van der Waals surface area contributed by atoms with Gasteiger partial charge in [0, 0.05) is 24.1 Å². The second-order valence-electron chi connectivity index (χ2n) is 7.58. The number of halogens is 1. The van der Waals surface area contributed by atoms with Crippen LogP contribution in [0.3, 0.4) is 0 Å². The third-order valence-corrected chi connectivity index (χ3v) is 4.94. The molecule has 1 aromatic carbocycles. The van der Waals surface area contributed by atoms with E-state index in [0.717, 1.165) is 26.9 Å². The van der Waals surface area contributed by atoms with Gasteiger partial charge in [0.25, 0.3) is 0 Å². The van der Waals surface area contributed by atoms with Gasteiger partial charge in [0.2, 0.25) is 0 Å². The summed E-state index contributed by atoms with van der Waals surface area (Å²) in [6.45, 7) is 7.90. The second kappa shape index (κ2) is 6.26. The molecular formula is C18H21BrN4O3. The Labute approximate surface area is 160 Å². The van der Waals surface area contributed by atoms with E-state index in [1.807, 2.05) is 32.9 Å². The highest BCUT2D eigenvalue weighted by Crippen LogP contribution is 2.38. The molecule has 0 spiro atoms. The van der Waals surface area contributed by atoms with E-state index in [0.29, 0.717) is 26.2 Å². The molecule has 138 valence electrons. The Morgan fingerprint density at radius 1 is 1.31 bits per heavy atom. The van der Waals surface area contributed by atoms with Gasteiger partial charge >= 0.3 is 6.09 Å². The van der Waals surface area contributed by atoms with Gasteiger partial charge in [-0.1, -0.05) is 15.9 Å². The van der Waals surface area contributed by atoms with Gasteiger partial charge in [-0.15, -0.1) is 0 Å². The summed E-state index contributed by atoms with van der Waals surface area (Å²) in [5, 5.41) is 0.920. The SMILES string of the molecule is CC(C)(C)OC(=O)N1CCN2c3ncnc4cc(Br)cc(c34)OC[C@H]2C1. The first-order valence-corrected chi connectivity index (χ1v) is 9.43. The first-order chi connectivity index (χ1) is 12.3. The highest BCUT2D eigenvalue weighted by Gasteiger charge is 2.36. The van der Waals surface area contributed by atoms with Gasteiger partial charge in [-0.2, -0.15) is 0 Å². The van der Waals surface area contributed by atoms with Gasteiger partial charge < -0.3 is 19.3 Å². The summed E-state index contributed by atoms with van der Waals surface area (Å²) in [5.41, 5.74) is 0.338. The Bertz CT molecular complexity index is 867. The lowest BCUT2D eigenvalue weighted by atomic mass is 10.1. The minimum Gasteiger partial charge on any atom is -0.490 e. The Morgan fingerprint density at radius 3 is 2.88 bits per heavy atom. The molecule has 1 saturated heterocycles. The fraction of sp³-hybridized carbons (Fsp3) is 0.500. The number of carbonyl (C=O) groups is 1. The van der Waals surface area contributed by atoms with E-state index < -0.39 is 5.60 Å². The molecule has 4 rings (SSSR count). The van der Waals surface area contributed by atoms with E-state index in [1.165, 1.54) is 0 Å². The molecule has 2 aromatic rings. The third kappa shape index (κ3) is 3.18. The Morgan fingerprint density at radius 2 is 2.12 bits per heavy atom. The standard InChI is InChI=1S/C18H21BrN4O3/c1-18(2,3)26-17(24)22-4-5-23-12(8-22)9-25-14-7-11(19)6-13-15(14)16(23)21-10-20-13/h6-7,10,12H,4-5,8-9H2,1-3H3/t12-/m1/s1. The summed E-state index contributed by atoms with van der Waals surface area (Å²) < 4.78 is 12.5. The molecule has 8 heteroatoms. The third-order valence-electron chi connectivity index (χ3n) is 4.48. The normalized spacial score (nSPS) is 19.6. The maximum Gasteiger partial charge on any atom is 0.410 e. The van der Waals surface area contributed by atoms with Crippen LogP contribution in [0.4, 0.5) is 10.6 Å². The largest absolute Gasteiger partial charge is 0.490 e. The predicted octanol–water partition coefficient (Wildman–Crippen LogP) is 3.21. The summed E-state index contributed by atoms with van der Waals surface area (Å²) in [5.74, 6) is 1.63. The van der Waals surface area contributed by atoms with E-state index in [1.54, 1.807) is 11.2 Å². The van der Waals surface area contributed by atoms with Crippen LogP contribution < -0.4 is 9.64 Å². The van der Waals surface area contributed by atoms with Crippen LogP contribution in [-0.4, -0.2) is 58.8 Å². The number of nitrogens with zero attached hydrogens (tertiary/aromatic N) is 4. The van der Waals surface area contributed by atoms with E-state index >= 15 is 0 Å². The van der Waals surface area contributed by atoms with Crippen LogP contribution in [0.2, 0.25) is 0 Å². The molecule has 1 amide bonds. The number of ether oxygens (including phenoxy) is 2. The maximum atomic E-state index is 12.4. The zero-order valence-electron chi connectivity index (χ0n) is 15.0. The number of fused-ring (bicyclic) bond motifs is 2. The lowest BCUT2D eigenvalue weighted by Gasteiger charge is -2.41. The van der Waals surface area contributed by atoms with Crippen LogP contribution in [0.5, 0.6) is 5.75 Å². The first kappa shape index (κ1) is 17.3. The monoisotopic (exact) mass is 420 g/mol. The van der Waals surface area contributed by atoms with Gasteiger partial charge in [-0.3, -0.25) is 0 Å². The predicted molar refractivity (Wildman–Crippen MR) is 102 cm³/mol. The summed E-state index contributed by atoms with van der Waals surface area (Å²) >= 11 is 3.51. The van der Waals surface area contributed by atoms with Crippen LogP contribution in [0.15, 0.2) is 22.9 Å². The van der Waals surface area contributed by atoms with E-state index in [9.17, 15) is 4.79 Å². The van der Waals surface area contributed by atoms with Crippen molar-refractivity contribution in [2.24, 2.45) is 0 Å². The lowest BCUT2D eigenvalue weighted by molar-refractivity contribution is 0.0202. The molecule has 0 aliphatic carbocycles. The number of hydrogen-bond donors (Lipinski definition) is 0. The summed E-state index contributed by atoms with van der Waals surface area (Å²) in [4.78, 5) is 25.3. The van der Waals surface area contributed by atoms with E-state index in [-0.39, 0.29) is 12.1 Å². The van der Waals surface area contributed by atoms with Gasteiger partial charge in [0.1, 0.15) is 30.1 Å². The molecule has 0 unspecified atom stereocenters. The average Bonchev–Trinajstić information content (AvgIpc) is 2.71. The average molecular weight is 421 g/mol. The highest BCUT2D eigenvalue weighted by atomic mass is 79.9. The molecule has 0 radical (unpaired) electrons. The van der Waals surface area contributed by atoms with Crippen LogP contribution in [0.1, 0.15) is 20.8 Å². The van der Waals surface area contributed by atoms with Crippen molar-refractivity contribution in [1.82, 2.24) is 14.9 Å². The minimum atomic E-state index is -0.504. The van der Waals surface area contributed by atoms with Crippen molar-refractivity contribution < 1.29 is 14.3 Å². The fourth-order valence-electron chi connectivity index (χ4n) is 3.39. The van der Waals surface area contributed by atoms with Gasteiger partial charge in [0.15, 0.2) is 0 Å². The topological polar surface area (TPSA) is 67.8 Å². The Kier molecular flexibility index (Phi) is 4.17. The number of aromatic nitrogens is 2. The summed E-state index contributed by atoms with van der Waals surface area (Å²) in [7, 11) is 0. The lowest BCUT2D eigenvalue weighted by Crippen LogP contribution is -2.57. The molecule has 1 atom stereocenters. The highest BCUT2D eigenvalue weighted by molar-refractivity contribution is 9.10. The molecule has 0 bridgehead atoms. The van der Waals surface area contributed by atoms with Crippen LogP contribution in [0.25, 0.3) is 10.9 Å². The minimum absolute atomic E-state index is 0.0144. The number of piperazine rings is 1. The van der Waals surface area contributed by atoms with Gasteiger partial charge in [0.05, 0.1) is 16.9 Å². The zero-order valence-corrected chi connectivity index (χ0v) is 16.6. The molecule has 2 aliphatic rings. The summed E-state index contributed by atoms with van der Waals surface area (Å²) in [6.07, 6.45) is 1.30. The van der Waals surface area contributed by atoms with Crippen molar-refractivity contribution in [1.29, 1.82) is 0 Å². The Hall–Kier alpha value is -2.09. The quantitative estimate of drug-likeness (QED) is 0.651. The molecule has 0 saturated carbocycles.